The maximum absolute atomic E-state index is 13.4. The quantitative estimate of drug-likeness (QED) is 0.914. The van der Waals surface area contributed by atoms with Gasteiger partial charge in [0.05, 0.1) is 0 Å². The molecule has 1 aromatic carbocycles. The largest absolute Gasteiger partial charge is 0.421 e. The molecule has 6 heteroatoms. The number of halogens is 2. The van der Waals surface area contributed by atoms with Crippen molar-refractivity contribution in [2.24, 2.45) is 5.73 Å². The van der Waals surface area contributed by atoms with Gasteiger partial charge < -0.3 is 10.5 Å². The molecule has 1 atom stereocenters. The Bertz CT molecular complexity index is 575. The van der Waals surface area contributed by atoms with Crippen LogP contribution < -0.4 is 10.5 Å². The molecule has 0 aliphatic heterocycles. The molecule has 2 aromatic rings. The molecule has 4 nitrogen and oxygen atoms in total. The van der Waals surface area contributed by atoms with Gasteiger partial charge in [-0.25, -0.2) is 18.7 Å². The SMILES string of the molecule is CCC(N)Cc1cnc(Oc2cc(F)ccc2F)nc1. The summed E-state index contributed by atoms with van der Waals surface area (Å²) in [5.74, 6) is -1.51. The maximum atomic E-state index is 13.4. The molecule has 0 amide bonds. The molecule has 2 N–H and O–H groups in total. The van der Waals surface area contributed by atoms with E-state index in [4.69, 9.17) is 10.5 Å². The zero-order valence-electron chi connectivity index (χ0n) is 11.0. The van der Waals surface area contributed by atoms with Crippen LogP contribution in [-0.4, -0.2) is 16.0 Å². The van der Waals surface area contributed by atoms with Crippen LogP contribution in [0.3, 0.4) is 0 Å². The molecule has 0 fully saturated rings. The first kappa shape index (κ1) is 14.3. The van der Waals surface area contributed by atoms with Crippen LogP contribution in [0, 0.1) is 11.6 Å². The number of hydrogen-bond donors (Lipinski definition) is 1. The van der Waals surface area contributed by atoms with Gasteiger partial charge in [0.1, 0.15) is 5.82 Å². The van der Waals surface area contributed by atoms with Crippen molar-refractivity contribution in [1.29, 1.82) is 0 Å². The molecule has 0 bridgehead atoms. The fourth-order valence-corrected chi connectivity index (χ4v) is 1.60. The Kier molecular flexibility index (Phi) is 4.57. The smallest absolute Gasteiger partial charge is 0.321 e. The van der Waals surface area contributed by atoms with E-state index in [0.717, 1.165) is 30.2 Å². The van der Waals surface area contributed by atoms with E-state index in [1.165, 1.54) is 0 Å². The van der Waals surface area contributed by atoms with Gasteiger partial charge in [0.2, 0.25) is 0 Å². The molecule has 0 saturated carbocycles. The van der Waals surface area contributed by atoms with E-state index >= 15 is 0 Å². The maximum Gasteiger partial charge on any atom is 0.321 e. The summed E-state index contributed by atoms with van der Waals surface area (Å²) in [6.07, 6.45) is 4.64. The lowest BCUT2D eigenvalue weighted by Gasteiger charge is -2.08. The van der Waals surface area contributed by atoms with Crippen molar-refractivity contribution in [2.75, 3.05) is 0 Å². The minimum absolute atomic E-state index is 0.0386. The fourth-order valence-electron chi connectivity index (χ4n) is 1.60. The van der Waals surface area contributed by atoms with Crippen molar-refractivity contribution in [1.82, 2.24) is 9.97 Å². The second-order valence-electron chi connectivity index (χ2n) is 4.42. The molecule has 0 aliphatic carbocycles. The second kappa shape index (κ2) is 6.38. The molecule has 106 valence electrons. The molecule has 1 unspecified atom stereocenters. The Labute approximate surface area is 115 Å². The molecule has 1 aromatic heterocycles. The van der Waals surface area contributed by atoms with Gasteiger partial charge in [-0.15, -0.1) is 0 Å². The van der Waals surface area contributed by atoms with Crippen LogP contribution in [0.25, 0.3) is 0 Å². The van der Waals surface area contributed by atoms with Gasteiger partial charge in [0.25, 0.3) is 0 Å². The molecule has 20 heavy (non-hydrogen) atoms. The van der Waals surface area contributed by atoms with Gasteiger partial charge in [0.15, 0.2) is 11.6 Å². The highest BCUT2D eigenvalue weighted by Gasteiger charge is 2.09. The van der Waals surface area contributed by atoms with Crippen molar-refractivity contribution >= 4 is 0 Å². The Morgan fingerprint density at radius 2 is 1.95 bits per heavy atom. The average Bonchev–Trinajstić information content (AvgIpc) is 2.45. The summed E-state index contributed by atoms with van der Waals surface area (Å²) in [5.41, 5.74) is 6.69. The van der Waals surface area contributed by atoms with Crippen molar-refractivity contribution in [3.8, 4) is 11.8 Å². The first-order valence-corrected chi connectivity index (χ1v) is 6.28. The number of nitrogens with two attached hydrogens (primary N) is 1. The summed E-state index contributed by atoms with van der Waals surface area (Å²) in [7, 11) is 0. The molecular formula is C14H15F2N3O. The molecule has 1 heterocycles. The zero-order valence-corrected chi connectivity index (χ0v) is 11.0. The minimum atomic E-state index is -0.674. The molecule has 2 rings (SSSR count). The molecular weight excluding hydrogens is 264 g/mol. The number of nitrogens with zero attached hydrogens (tertiary/aromatic N) is 2. The second-order valence-corrected chi connectivity index (χ2v) is 4.42. The summed E-state index contributed by atoms with van der Waals surface area (Å²) < 4.78 is 31.5. The lowest BCUT2D eigenvalue weighted by Crippen LogP contribution is -2.21. The Morgan fingerprint density at radius 1 is 1.25 bits per heavy atom. The van der Waals surface area contributed by atoms with E-state index in [1.54, 1.807) is 12.4 Å². The zero-order chi connectivity index (χ0) is 14.5. The van der Waals surface area contributed by atoms with Crippen LogP contribution in [0.15, 0.2) is 30.6 Å². The van der Waals surface area contributed by atoms with Crippen molar-refractivity contribution in [3.63, 3.8) is 0 Å². The predicted octanol–water partition coefficient (Wildman–Crippen LogP) is 2.83. The van der Waals surface area contributed by atoms with Gasteiger partial charge >= 0.3 is 6.01 Å². The predicted molar refractivity (Wildman–Crippen MR) is 70.4 cm³/mol. The summed E-state index contributed by atoms with van der Waals surface area (Å²) >= 11 is 0. The van der Waals surface area contributed by atoms with E-state index in [9.17, 15) is 8.78 Å². The van der Waals surface area contributed by atoms with E-state index in [2.05, 4.69) is 9.97 Å². The van der Waals surface area contributed by atoms with Gasteiger partial charge in [0, 0.05) is 24.5 Å². The number of ether oxygens (including phenoxy) is 1. The summed E-state index contributed by atoms with van der Waals surface area (Å²) in [6, 6.07) is 2.95. The monoisotopic (exact) mass is 279 g/mol. The fraction of sp³-hybridized carbons (Fsp3) is 0.286. The van der Waals surface area contributed by atoms with Gasteiger partial charge in [-0.05, 0) is 30.5 Å². The average molecular weight is 279 g/mol. The number of rotatable bonds is 5. The number of hydrogen-bond acceptors (Lipinski definition) is 4. The lowest BCUT2D eigenvalue weighted by atomic mass is 10.1. The van der Waals surface area contributed by atoms with Crippen LogP contribution in [0.1, 0.15) is 18.9 Å². The van der Waals surface area contributed by atoms with Crippen LogP contribution in [0.5, 0.6) is 11.8 Å². The Morgan fingerprint density at radius 3 is 2.60 bits per heavy atom. The molecule has 0 radical (unpaired) electrons. The Hall–Kier alpha value is -2.08. The topological polar surface area (TPSA) is 61.0 Å². The number of benzene rings is 1. The number of aromatic nitrogens is 2. The van der Waals surface area contributed by atoms with Crippen LogP contribution in [0.4, 0.5) is 8.78 Å². The third-order valence-corrected chi connectivity index (χ3v) is 2.80. The van der Waals surface area contributed by atoms with E-state index in [0.29, 0.717) is 6.42 Å². The van der Waals surface area contributed by atoms with E-state index < -0.39 is 11.6 Å². The summed E-state index contributed by atoms with van der Waals surface area (Å²) in [6.45, 7) is 2.00. The standard InChI is InChI=1S/C14H15F2N3O/c1-2-11(17)5-9-7-18-14(19-8-9)20-13-6-10(15)3-4-12(13)16/h3-4,6-8,11H,2,5,17H2,1H3. The van der Waals surface area contributed by atoms with E-state index in [-0.39, 0.29) is 17.8 Å². The van der Waals surface area contributed by atoms with Crippen molar-refractivity contribution < 1.29 is 13.5 Å². The van der Waals surface area contributed by atoms with Crippen molar-refractivity contribution in [2.45, 2.75) is 25.8 Å². The highest BCUT2D eigenvalue weighted by molar-refractivity contribution is 5.27. The molecule has 0 spiro atoms. The van der Waals surface area contributed by atoms with Crippen LogP contribution in [0.2, 0.25) is 0 Å². The van der Waals surface area contributed by atoms with Crippen LogP contribution in [-0.2, 0) is 6.42 Å². The van der Waals surface area contributed by atoms with Gasteiger partial charge in [-0.1, -0.05) is 6.92 Å². The minimum Gasteiger partial charge on any atom is -0.421 e. The van der Waals surface area contributed by atoms with Gasteiger partial charge in [-0.3, -0.25) is 0 Å². The highest BCUT2D eigenvalue weighted by atomic mass is 19.1. The normalized spacial score (nSPS) is 12.2. The first-order valence-electron chi connectivity index (χ1n) is 6.28. The van der Waals surface area contributed by atoms with Gasteiger partial charge in [-0.2, -0.15) is 0 Å². The lowest BCUT2D eigenvalue weighted by molar-refractivity contribution is 0.406. The highest BCUT2D eigenvalue weighted by Crippen LogP contribution is 2.22. The third-order valence-electron chi connectivity index (χ3n) is 2.80. The molecule has 0 aliphatic rings. The summed E-state index contributed by atoms with van der Waals surface area (Å²) in [4.78, 5) is 7.91. The van der Waals surface area contributed by atoms with Crippen molar-refractivity contribution in [3.05, 3.63) is 47.8 Å². The first-order chi connectivity index (χ1) is 9.58. The third kappa shape index (κ3) is 3.71. The molecule has 0 saturated heterocycles. The van der Waals surface area contributed by atoms with Crippen LogP contribution >= 0.6 is 0 Å². The summed E-state index contributed by atoms with van der Waals surface area (Å²) in [5, 5.41) is 0. The van der Waals surface area contributed by atoms with E-state index in [1.807, 2.05) is 6.92 Å². The Balaban J connectivity index is 2.09.